The van der Waals surface area contributed by atoms with Crippen molar-refractivity contribution < 1.29 is 14.3 Å². The molecular formula is C26H29ClN4O3. The zero-order valence-electron chi connectivity index (χ0n) is 19.2. The predicted molar refractivity (Wildman–Crippen MR) is 133 cm³/mol. The van der Waals surface area contributed by atoms with Crippen molar-refractivity contribution in [3.8, 4) is 0 Å². The Hall–Kier alpha value is -3.19. The number of hydrogen-bond acceptors (Lipinski definition) is 4. The Balaban J connectivity index is 1.32. The third-order valence-corrected chi connectivity index (χ3v) is 7.11. The van der Waals surface area contributed by atoms with E-state index < -0.39 is 0 Å². The average Bonchev–Trinajstić information content (AvgIpc) is 3.22. The topological polar surface area (TPSA) is 77.7 Å². The standard InChI is InChI=1S/C26H29ClN4O3/c1-2-34-26(33)30-12-9-20(10-13-30)28-19-6-3-17(4-7-19)25-24-21(11-14-31(25)16-32)22-15-18(27)5-8-23(22)29-24/h3-8,15-16,20,25,28-29H,2,9-14H2,1H3. The van der Waals surface area contributed by atoms with Crippen LogP contribution in [-0.4, -0.2) is 59.6 Å². The molecule has 1 saturated heterocycles. The Morgan fingerprint density at radius 1 is 1.18 bits per heavy atom. The lowest BCUT2D eigenvalue weighted by Gasteiger charge is -2.34. The van der Waals surface area contributed by atoms with Gasteiger partial charge in [0.25, 0.3) is 0 Å². The number of halogens is 1. The summed E-state index contributed by atoms with van der Waals surface area (Å²) in [6.45, 7) is 4.28. The molecule has 5 rings (SSSR count). The summed E-state index contributed by atoms with van der Waals surface area (Å²) in [6.07, 6.45) is 3.27. The van der Waals surface area contributed by atoms with E-state index in [2.05, 4.69) is 34.6 Å². The first kappa shape index (κ1) is 22.6. The molecule has 2 aliphatic heterocycles. The molecule has 0 aliphatic carbocycles. The van der Waals surface area contributed by atoms with E-state index in [0.717, 1.165) is 53.5 Å². The monoisotopic (exact) mass is 480 g/mol. The summed E-state index contributed by atoms with van der Waals surface area (Å²) < 4.78 is 5.10. The molecule has 2 aliphatic rings. The quantitative estimate of drug-likeness (QED) is 0.506. The molecule has 1 fully saturated rings. The summed E-state index contributed by atoms with van der Waals surface area (Å²) in [7, 11) is 0. The molecule has 2 aromatic carbocycles. The van der Waals surface area contributed by atoms with Gasteiger partial charge in [-0.25, -0.2) is 4.79 Å². The van der Waals surface area contributed by atoms with Crippen LogP contribution < -0.4 is 5.32 Å². The van der Waals surface area contributed by atoms with Crippen LogP contribution in [0.1, 0.15) is 42.6 Å². The second-order valence-corrected chi connectivity index (χ2v) is 9.37. The van der Waals surface area contributed by atoms with Crippen LogP contribution in [0, 0.1) is 0 Å². The summed E-state index contributed by atoms with van der Waals surface area (Å²) >= 11 is 6.25. The maximum atomic E-state index is 11.9. The molecule has 0 bridgehead atoms. The highest BCUT2D eigenvalue weighted by atomic mass is 35.5. The van der Waals surface area contributed by atoms with Crippen molar-refractivity contribution in [2.24, 2.45) is 0 Å². The van der Waals surface area contributed by atoms with E-state index in [9.17, 15) is 9.59 Å². The van der Waals surface area contributed by atoms with E-state index >= 15 is 0 Å². The first-order chi connectivity index (χ1) is 16.6. The fraction of sp³-hybridized carbons (Fsp3) is 0.385. The number of H-pyrrole nitrogens is 1. The highest BCUT2D eigenvalue weighted by Gasteiger charge is 2.31. The lowest BCUT2D eigenvalue weighted by Crippen LogP contribution is -2.42. The number of hydrogen-bond donors (Lipinski definition) is 2. The normalized spacial score (nSPS) is 18.6. The molecule has 2 amide bonds. The zero-order chi connectivity index (χ0) is 23.7. The summed E-state index contributed by atoms with van der Waals surface area (Å²) in [4.78, 5) is 31.0. The van der Waals surface area contributed by atoms with Crippen molar-refractivity contribution in [1.29, 1.82) is 0 Å². The van der Waals surface area contributed by atoms with Crippen molar-refractivity contribution in [2.75, 3.05) is 31.6 Å². The van der Waals surface area contributed by atoms with Crippen molar-refractivity contribution in [3.05, 3.63) is 64.3 Å². The van der Waals surface area contributed by atoms with Gasteiger partial charge in [0.2, 0.25) is 6.41 Å². The number of nitrogens with zero attached hydrogens (tertiary/aromatic N) is 2. The van der Waals surface area contributed by atoms with Crippen LogP contribution in [0.25, 0.3) is 10.9 Å². The molecular weight excluding hydrogens is 452 g/mol. The van der Waals surface area contributed by atoms with Crippen molar-refractivity contribution in [2.45, 2.75) is 38.3 Å². The molecule has 1 atom stereocenters. The summed E-state index contributed by atoms with van der Waals surface area (Å²) in [5, 5.41) is 5.44. The average molecular weight is 481 g/mol. The highest BCUT2D eigenvalue weighted by molar-refractivity contribution is 6.31. The Kier molecular flexibility index (Phi) is 6.37. The number of fused-ring (bicyclic) bond motifs is 3. The van der Waals surface area contributed by atoms with Gasteiger partial charge in [0, 0.05) is 53.0 Å². The van der Waals surface area contributed by atoms with Crippen molar-refractivity contribution >= 4 is 40.7 Å². The molecule has 2 N–H and O–H groups in total. The summed E-state index contributed by atoms with van der Waals surface area (Å²) in [5.74, 6) is 0. The molecule has 34 heavy (non-hydrogen) atoms. The van der Waals surface area contributed by atoms with Gasteiger partial charge in [-0.15, -0.1) is 0 Å². The fourth-order valence-electron chi connectivity index (χ4n) is 5.17. The molecule has 1 aromatic heterocycles. The first-order valence-corrected chi connectivity index (χ1v) is 12.2. The van der Waals surface area contributed by atoms with Crippen LogP contribution in [0.5, 0.6) is 0 Å². The zero-order valence-corrected chi connectivity index (χ0v) is 20.0. The van der Waals surface area contributed by atoms with E-state index in [1.165, 1.54) is 5.56 Å². The van der Waals surface area contributed by atoms with Gasteiger partial charge in [0.1, 0.15) is 0 Å². The van der Waals surface area contributed by atoms with Crippen LogP contribution in [0.4, 0.5) is 10.5 Å². The number of rotatable bonds is 5. The summed E-state index contributed by atoms with van der Waals surface area (Å²) in [5.41, 5.74) is 5.43. The van der Waals surface area contributed by atoms with Crippen LogP contribution in [-0.2, 0) is 16.0 Å². The van der Waals surface area contributed by atoms with Crippen molar-refractivity contribution in [1.82, 2.24) is 14.8 Å². The smallest absolute Gasteiger partial charge is 0.409 e. The SMILES string of the molecule is CCOC(=O)N1CCC(Nc2ccc(C3c4[nH]c5ccc(Cl)cc5c4CCN3C=O)cc2)CC1. The number of aromatic amines is 1. The Morgan fingerprint density at radius 3 is 2.65 bits per heavy atom. The van der Waals surface area contributed by atoms with Crippen LogP contribution in [0.3, 0.4) is 0 Å². The first-order valence-electron chi connectivity index (χ1n) is 11.9. The number of benzene rings is 2. The van der Waals surface area contributed by atoms with E-state index in [1.54, 1.807) is 4.90 Å². The highest BCUT2D eigenvalue weighted by Crippen LogP contribution is 2.38. The Labute approximate surface area is 204 Å². The lowest BCUT2D eigenvalue weighted by atomic mass is 9.92. The van der Waals surface area contributed by atoms with Gasteiger partial charge in [-0.05, 0) is 67.6 Å². The summed E-state index contributed by atoms with van der Waals surface area (Å²) in [6, 6.07) is 14.4. The third kappa shape index (κ3) is 4.32. The molecule has 3 aromatic rings. The van der Waals surface area contributed by atoms with E-state index in [-0.39, 0.29) is 12.1 Å². The number of carbonyl (C=O) groups excluding carboxylic acids is 2. The minimum atomic E-state index is -0.226. The molecule has 8 heteroatoms. The number of amides is 2. The molecule has 1 unspecified atom stereocenters. The van der Waals surface area contributed by atoms with E-state index in [0.29, 0.717) is 37.3 Å². The number of ether oxygens (including phenoxy) is 1. The number of carbonyl (C=O) groups is 2. The minimum Gasteiger partial charge on any atom is -0.450 e. The predicted octanol–water partition coefficient (Wildman–Crippen LogP) is 4.96. The van der Waals surface area contributed by atoms with Gasteiger partial charge in [-0.2, -0.15) is 0 Å². The maximum absolute atomic E-state index is 11.9. The molecule has 0 saturated carbocycles. The number of likely N-dealkylation sites (tertiary alicyclic amines) is 1. The molecule has 3 heterocycles. The van der Waals surface area contributed by atoms with Crippen molar-refractivity contribution in [3.63, 3.8) is 0 Å². The lowest BCUT2D eigenvalue weighted by molar-refractivity contribution is -0.120. The Bertz CT molecular complexity index is 1180. The minimum absolute atomic E-state index is 0.158. The van der Waals surface area contributed by atoms with Gasteiger partial charge in [-0.3, -0.25) is 4.79 Å². The number of nitrogens with one attached hydrogen (secondary N) is 2. The number of piperidine rings is 1. The van der Waals surface area contributed by atoms with Gasteiger partial charge >= 0.3 is 6.09 Å². The number of anilines is 1. The maximum Gasteiger partial charge on any atom is 0.409 e. The molecule has 178 valence electrons. The van der Waals surface area contributed by atoms with Crippen LogP contribution in [0.2, 0.25) is 5.02 Å². The third-order valence-electron chi connectivity index (χ3n) is 6.88. The van der Waals surface area contributed by atoms with Crippen LogP contribution in [0.15, 0.2) is 42.5 Å². The second kappa shape index (κ2) is 9.58. The number of aromatic nitrogens is 1. The molecule has 0 spiro atoms. The fourth-order valence-corrected chi connectivity index (χ4v) is 5.34. The largest absolute Gasteiger partial charge is 0.450 e. The van der Waals surface area contributed by atoms with E-state index in [4.69, 9.17) is 16.3 Å². The molecule has 7 nitrogen and oxygen atoms in total. The Morgan fingerprint density at radius 2 is 1.94 bits per heavy atom. The van der Waals surface area contributed by atoms with Gasteiger partial charge in [-0.1, -0.05) is 23.7 Å². The van der Waals surface area contributed by atoms with E-state index in [1.807, 2.05) is 30.0 Å². The van der Waals surface area contributed by atoms with Gasteiger partial charge in [0.15, 0.2) is 0 Å². The molecule has 0 radical (unpaired) electrons. The van der Waals surface area contributed by atoms with Crippen LogP contribution >= 0.6 is 11.6 Å². The second-order valence-electron chi connectivity index (χ2n) is 8.93. The van der Waals surface area contributed by atoms with Gasteiger partial charge < -0.3 is 24.8 Å². The van der Waals surface area contributed by atoms with Gasteiger partial charge in [0.05, 0.1) is 12.6 Å².